The molecule has 40 heavy (non-hydrogen) atoms. The molecule has 0 unspecified atom stereocenters. The Morgan fingerprint density at radius 3 is 2.52 bits per heavy atom. The number of nitrogens with zero attached hydrogens (tertiary/aromatic N) is 2. The fourth-order valence-corrected chi connectivity index (χ4v) is 6.32. The molecule has 7 nitrogen and oxygen atoms in total. The zero-order valence-corrected chi connectivity index (χ0v) is 22.7. The number of hydrogen-bond donors (Lipinski definition) is 1. The van der Waals surface area contributed by atoms with Crippen LogP contribution in [0.4, 0.5) is 0 Å². The van der Waals surface area contributed by atoms with Crippen LogP contribution in [0.15, 0.2) is 109 Å². The van der Waals surface area contributed by atoms with Gasteiger partial charge in [-0.05, 0) is 59.0 Å². The van der Waals surface area contributed by atoms with Crippen LogP contribution in [0.25, 0.3) is 10.8 Å². The van der Waals surface area contributed by atoms with Gasteiger partial charge in [-0.3, -0.25) is 4.79 Å². The van der Waals surface area contributed by atoms with Gasteiger partial charge in [0.15, 0.2) is 5.78 Å². The molecule has 0 fully saturated rings. The fraction of sp³-hybridized carbons (Fsp3) is 0.188. The predicted octanol–water partition coefficient (Wildman–Crippen LogP) is 5.85. The average Bonchev–Trinajstić information content (AvgIpc) is 3.50. The van der Waals surface area contributed by atoms with E-state index >= 15 is 0 Å². The topological polar surface area (TPSA) is 90.3 Å². The van der Waals surface area contributed by atoms with E-state index in [0.29, 0.717) is 36.3 Å². The van der Waals surface area contributed by atoms with Gasteiger partial charge in [0.25, 0.3) is 0 Å². The predicted molar refractivity (Wildman–Crippen MR) is 154 cm³/mol. The number of sulfonamides is 1. The van der Waals surface area contributed by atoms with Crippen LogP contribution in [0.2, 0.25) is 0 Å². The van der Waals surface area contributed by atoms with Gasteiger partial charge in [0.1, 0.15) is 11.9 Å². The van der Waals surface area contributed by atoms with Crippen LogP contribution in [0.3, 0.4) is 0 Å². The van der Waals surface area contributed by atoms with Crippen molar-refractivity contribution in [3.63, 3.8) is 0 Å². The minimum atomic E-state index is -3.83. The monoisotopic (exact) mass is 551 g/mol. The second-order valence-electron chi connectivity index (χ2n) is 9.96. The van der Waals surface area contributed by atoms with Gasteiger partial charge in [-0.15, -0.1) is 0 Å². The second-order valence-corrected chi connectivity index (χ2v) is 11.7. The first-order valence-corrected chi connectivity index (χ1v) is 14.8. The molecule has 202 valence electrons. The third-order valence-electron chi connectivity index (χ3n) is 7.37. The van der Waals surface area contributed by atoms with Crippen LogP contribution in [0.5, 0.6) is 5.75 Å². The van der Waals surface area contributed by atoms with Gasteiger partial charge in [-0.1, -0.05) is 60.7 Å². The number of ether oxygens (including phenoxy) is 1. The van der Waals surface area contributed by atoms with Gasteiger partial charge in [-0.25, -0.2) is 18.1 Å². The Morgan fingerprint density at radius 2 is 1.73 bits per heavy atom. The van der Waals surface area contributed by atoms with Gasteiger partial charge < -0.3 is 9.30 Å². The van der Waals surface area contributed by atoms with E-state index in [1.54, 1.807) is 30.7 Å². The highest BCUT2D eigenvalue weighted by molar-refractivity contribution is 7.89. The zero-order chi connectivity index (χ0) is 27.5. The van der Waals surface area contributed by atoms with Crippen molar-refractivity contribution in [2.24, 2.45) is 0 Å². The lowest BCUT2D eigenvalue weighted by Gasteiger charge is -2.26. The molecule has 6 rings (SSSR count). The van der Waals surface area contributed by atoms with Crippen molar-refractivity contribution >= 4 is 26.6 Å². The molecule has 0 spiro atoms. The summed E-state index contributed by atoms with van der Waals surface area (Å²) in [4.78, 5) is 17.1. The summed E-state index contributed by atoms with van der Waals surface area (Å²) in [7, 11) is -3.83. The Balaban J connectivity index is 1.35. The Hall–Kier alpha value is -4.27. The van der Waals surface area contributed by atoms with Crippen LogP contribution in [-0.4, -0.2) is 23.8 Å². The lowest BCUT2D eigenvalue weighted by atomic mass is 9.87. The van der Waals surface area contributed by atoms with E-state index in [0.717, 1.165) is 28.3 Å². The quantitative estimate of drug-likeness (QED) is 0.248. The number of benzene rings is 4. The van der Waals surface area contributed by atoms with Crippen molar-refractivity contribution in [2.45, 2.75) is 43.4 Å². The molecule has 1 atom stereocenters. The number of ketones is 1. The molecule has 0 saturated carbocycles. The third-order valence-corrected chi connectivity index (χ3v) is 8.76. The average molecular weight is 552 g/mol. The Kier molecular flexibility index (Phi) is 7.19. The van der Waals surface area contributed by atoms with Gasteiger partial charge >= 0.3 is 0 Å². The summed E-state index contributed by atoms with van der Waals surface area (Å²) in [6, 6.07) is 26.2. The maximum Gasteiger partial charge on any atom is 0.240 e. The van der Waals surface area contributed by atoms with E-state index in [-0.39, 0.29) is 23.3 Å². The largest absolute Gasteiger partial charge is 0.484 e. The molecule has 1 aromatic heterocycles. The number of aromatic nitrogens is 2. The summed E-state index contributed by atoms with van der Waals surface area (Å²) in [6.45, 7) is 0.524. The highest BCUT2D eigenvalue weighted by atomic mass is 32.2. The van der Waals surface area contributed by atoms with E-state index in [1.807, 2.05) is 77.5 Å². The molecule has 5 aromatic rings. The van der Waals surface area contributed by atoms with Crippen LogP contribution in [-0.2, 0) is 29.5 Å². The minimum absolute atomic E-state index is 0.00747. The van der Waals surface area contributed by atoms with Crippen molar-refractivity contribution < 1.29 is 17.9 Å². The second kappa shape index (κ2) is 11.1. The standard InChI is InChI=1S/C32H29N3O4S/c36-30-12-6-11-27-28(30)15-16-31(39-32(21-35-18-17-33-22-35)24-8-2-1-3-9-24)29(27)20-34-40(37,38)26-14-13-23-7-4-5-10-25(23)19-26/h1-5,7-10,13-19,22,32,34H,6,11-12,20-21H2/t32-/m1/s1. The number of fused-ring (bicyclic) bond motifs is 2. The summed E-state index contributed by atoms with van der Waals surface area (Å²) in [5.74, 6) is 0.632. The molecule has 0 bridgehead atoms. The number of carbonyl (C=O) groups is 1. The number of hydrogen-bond acceptors (Lipinski definition) is 5. The molecule has 0 radical (unpaired) electrons. The maximum absolute atomic E-state index is 13.4. The minimum Gasteiger partial charge on any atom is -0.484 e. The first-order chi connectivity index (χ1) is 19.5. The normalized spacial score (nSPS) is 14.2. The van der Waals surface area contributed by atoms with Gasteiger partial charge in [0, 0.05) is 36.5 Å². The molecule has 0 saturated heterocycles. The van der Waals surface area contributed by atoms with Crippen molar-refractivity contribution in [3.8, 4) is 5.75 Å². The van der Waals surface area contributed by atoms with E-state index in [9.17, 15) is 13.2 Å². The third kappa shape index (κ3) is 5.41. The fourth-order valence-electron chi connectivity index (χ4n) is 5.29. The first-order valence-electron chi connectivity index (χ1n) is 13.3. The summed E-state index contributed by atoms with van der Waals surface area (Å²) in [5.41, 5.74) is 3.17. The van der Waals surface area contributed by atoms with E-state index < -0.39 is 10.0 Å². The Labute approximate surface area is 233 Å². The van der Waals surface area contributed by atoms with Crippen LogP contribution in [0.1, 0.15) is 46.0 Å². The molecular weight excluding hydrogens is 522 g/mol. The van der Waals surface area contributed by atoms with Gasteiger partial charge in [-0.2, -0.15) is 0 Å². The molecule has 0 amide bonds. The number of carbonyl (C=O) groups excluding carboxylic acids is 1. The number of Topliss-reactive ketones (excluding diaryl/α,β-unsaturated/α-hetero) is 1. The lowest BCUT2D eigenvalue weighted by Crippen LogP contribution is -2.26. The van der Waals surface area contributed by atoms with E-state index in [1.165, 1.54) is 0 Å². The van der Waals surface area contributed by atoms with Crippen molar-refractivity contribution in [1.82, 2.24) is 14.3 Å². The summed E-state index contributed by atoms with van der Waals surface area (Å²) in [5, 5.41) is 1.82. The molecule has 1 aliphatic rings. The molecule has 4 aromatic carbocycles. The van der Waals surface area contributed by atoms with E-state index in [2.05, 4.69) is 9.71 Å². The van der Waals surface area contributed by atoms with Crippen LogP contribution in [0, 0.1) is 0 Å². The molecule has 0 aliphatic heterocycles. The zero-order valence-electron chi connectivity index (χ0n) is 21.9. The van der Waals surface area contributed by atoms with Gasteiger partial charge in [0.2, 0.25) is 10.0 Å². The van der Waals surface area contributed by atoms with Crippen molar-refractivity contribution in [2.75, 3.05) is 0 Å². The number of nitrogens with one attached hydrogen (secondary N) is 1. The molecule has 1 heterocycles. The maximum atomic E-state index is 13.4. The highest BCUT2D eigenvalue weighted by Crippen LogP contribution is 2.34. The molecule has 8 heteroatoms. The molecule has 1 aliphatic carbocycles. The van der Waals surface area contributed by atoms with E-state index in [4.69, 9.17) is 4.74 Å². The summed E-state index contributed by atoms with van der Waals surface area (Å²) < 4.78 is 38.2. The van der Waals surface area contributed by atoms with Crippen molar-refractivity contribution in [1.29, 1.82) is 0 Å². The first kappa shape index (κ1) is 26.0. The molecule has 1 N–H and O–H groups in total. The van der Waals surface area contributed by atoms with Gasteiger partial charge in [0.05, 0.1) is 17.8 Å². The summed E-state index contributed by atoms with van der Waals surface area (Å²) >= 11 is 0. The number of imidazole rings is 1. The Bertz CT molecular complexity index is 1770. The van der Waals surface area contributed by atoms with Crippen LogP contribution < -0.4 is 9.46 Å². The van der Waals surface area contributed by atoms with Crippen molar-refractivity contribution in [3.05, 3.63) is 126 Å². The Morgan fingerprint density at radius 1 is 0.925 bits per heavy atom. The summed E-state index contributed by atoms with van der Waals surface area (Å²) in [6.07, 6.45) is 6.87. The smallest absolute Gasteiger partial charge is 0.240 e. The van der Waals surface area contributed by atoms with Crippen LogP contribution >= 0.6 is 0 Å². The highest BCUT2D eigenvalue weighted by Gasteiger charge is 2.26. The number of rotatable bonds is 9. The lowest BCUT2D eigenvalue weighted by molar-refractivity contribution is 0.0972. The molecular formula is C32H29N3O4S. The SMILES string of the molecule is O=C1CCCc2c1ccc(O[C@H](Cn1ccnc1)c1ccccc1)c2CNS(=O)(=O)c1ccc2ccccc2c1.